The summed E-state index contributed by atoms with van der Waals surface area (Å²) in [5.74, 6) is 1.06. The van der Waals surface area contributed by atoms with E-state index in [2.05, 4.69) is 0 Å². The van der Waals surface area contributed by atoms with Gasteiger partial charge in [-0.2, -0.15) is 5.26 Å². The zero-order valence-electron chi connectivity index (χ0n) is 9.32. The lowest BCUT2D eigenvalue weighted by molar-refractivity contribution is 0.0407. The Kier molecular flexibility index (Phi) is 3.51. The lowest BCUT2D eigenvalue weighted by atomic mass is 10.1. The Morgan fingerprint density at radius 2 is 2.20 bits per heavy atom. The molecule has 0 aliphatic carbocycles. The lowest BCUT2D eigenvalue weighted by Crippen LogP contribution is -2.35. The van der Waals surface area contributed by atoms with E-state index in [1.165, 1.54) is 0 Å². The molecule has 0 aromatic carbocycles. The molecule has 4 heteroatoms. The summed E-state index contributed by atoms with van der Waals surface area (Å²) in [6.45, 7) is 4.65. The van der Waals surface area contributed by atoms with Gasteiger partial charge in [0, 0.05) is 6.54 Å². The minimum absolute atomic E-state index is 0.321. The minimum atomic E-state index is -0.723. The van der Waals surface area contributed by atoms with Crippen LogP contribution in [0.1, 0.15) is 25.4 Å². The third-order valence-corrected chi connectivity index (χ3v) is 1.85. The molecule has 1 aromatic rings. The van der Waals surface area contributed by atoms with E-state index in [9.17, 15) is 5.11 Å². The largest absolute Gasteiger partial charge is 0.449 e. The third kappa shape index (κ3) is 4.15. The van der Waals surface area contributed by atoms with Gasteiger partial charge in [0.05, 0.1) is 12.1 Å². The number of likely N-dealkylation sites (N-methyl/N-ethyl adjacent to an activating group) is 1. The van der Waals surface area contributed by atoms with Crippen molar-refractivity contribution in [3.8, 4) is 6.07 Å². The highest BCUT2D eigenvalue weighted by Crippen LogP contribution is 2.11. The van der Waals surface area contributed by atoms with Crippen LogP contribution in [0.4, 0.5) is 0 Å². The molecule has 82 valence electrons. The molecule has 15 heavy (non-hydrogen) atoms. The summed E-state index contributed by atoms with van der Waals surface area (Å²) < 4.78 is 5.23. The molecule has 1 heterocycles. The zero-order chi connectivity index (χ0) is 11.5. The van der Waals surface area contributed by atoms with Gasteiger partial charge in [0.25, 0.3) is 0 Å². The van der Waals surface area contributed by atoms with Crippen molar-refractivity contribution in [1.82, 2.24) is 4.90 Å². The molecule has 1 N–H and O–H groups in total. The highest BCUT2D eigenvalue weighted by Gasteiger charge is 2.16. The Balaban J connectivity index is 2.52. The van der Waals surface area contributed by atoms with Crippen molar-refractivity contribution in [2.45, 2.75) is 26.0 Å². The van der Waals surface area contributed by atoms with Crippen LogP contribution in [0.2, 0.25) is 0 Å². The number of hydrogen-bond acceptors (Lipinski definition) is 4. The van der Waals surface area contributed by atoms with E-state index < -0.39 is 5.60 Å². The van der Waals surface area contributed by atoms with Crippen LogP contribution >= 0.6 is 0 Å². The fourth-order valence-electron chi connectivity index (χ4n) is 1.51. The van der Waals surface area contributed by atoms with Gasteiger partial charge in [-0.05, 0) is 33.0 Å². The molecule has 0 fully saturated rings. The molecule has 1 rings (SSSR count). The van der Waals surface area contributed by atoms with Crippen LogP contribution in [0.3, 0.4) is 0 Å². The van der Waals surface area contributed by atoms with Crippen LogP contribution in [0.25, 0.3) is 0 Å². The molecule has 0 saturated heterocycles. The van der Waals surface area contributed by atoms with Gasteiger partial charge in [0.1, 0.15) is 11.8 Å². The van der Waals surface area contributed by atoms with Gasteiger partial charge < -0.3 is 9.52 Å². The van der Waals surface area contributed by atoms with Crippen LogP contribution in [0.5, 0.6) is 0 Å². The normalized spacial score (nSPS) is 11.7. The van der Waals surface area contributed by atoms with Gasteiger partial charge in [0.15, 0.2) is 0 Å². The number of aliphatic hydroxyl groups is 1. The van der Waals surface area contributed by atoms with Crippen molar-refractivity contribution in [2.75, 3.05) is 13.6 Å². The molecular weight excluding hydrogens is 192 g/mol. The van der Waals surface area contributed by atoms with E-state index in [0.29, 0.717) is 18.8 Å². The number of rotatable bonds is 4. The molecule has 0 aliphatic heterocycles. The highest BCUT2D eigenvalue weighted by atomic mass is 16.3. The SMILES string of the molecule is CN(Cc1ccc(C#N)o1)CC(C)(C)O. The molecule has 4 nitrogen and oxygen atoms in total. The van der Waals surface area contributed by atoms with Crippen LogP contribution in [-0.4, -0.2) is 29.2 Å². The van der Waals surface area contributed by atoms with Crippen molar-refractivity contribution >= 4 is 0 Å². The maximum absolute atomic E-state index is 9.59. The van der Waals surface area contributed by atoms with E-state index in [-0.39, 0.29) is 0 Å². The number of nitriles is 1. The smallest absolute Gasteiger partial charge is 0.203 e. The highest BCUT2D eigenvalue weighted by molar-refractivity contribution is 5.18. The van der Waals surface area contributed by atoms with E-state index in [4.69, 9.17) is 9.68 Å². The predicted octanol–water partition coefficient (Wildman–Crippen LogP) is 1.35. The number of hydrogen-bond donors (Lipinski definition) is 1. The molecule has 0 aliphatic rings. The second kappa shape index (κ2) is 4.47. The first-order valence-electron chi connectivity index (χ1n) is 4.80. The molecule has 0 bridgehead atoms. The van der Waals surface area contributed by atoms with E-state index >= 15 is 0 Å². The second-order valence-electron chi connectivity index (χ2n) is 4.36. The van der Waals surface area contributed by atoms with E-state index in [1.54, 1.807) is 26.0 Å². The fourth-order valence-corrected chi connectivity index (χ4v) is 1.51. The van der Waals surface area contributed by atoms with Crippen molar-refractivity contribution in [2.24, 2.45) is 0 Å². The molecular formula is C11H16N2O2. The summed E-state index contributed by atoms with van der Waals surface area (Å²) in [4.78, 5) is 1.94. The van der Waals surface area contributed by atoms with Crippen molar-refractivity contribution in [3.05, 3.63) is 23.7 Å². The van der Waals surface area contributed by atoms with Crippen LogP contribution in [0.15, 0.2) is 16.5 Å². The maximum Gasteiger partial charge on any atom is 0.203 e. The monoisotopic (exact) mass is 208 g/mol. The maximum atomic E-state index is 9.59. The van der Waals surface area contributed by atoms with Crippen molar-refractivity contribution in [3.63, 3.8) is 0 Å². The minimum Gasteiger partial charge on any atom is -0.449 e. The summed E-state index contributed by atoms with van der Waals surface area (Å²) in [6.07, 6.45) is 0. The fraction of sp³-hybridized carbons (Fsp3) is 0.545. The Morgan fingerprint density at radius 3 is 2.67 bits per heavy atom. The molecule has 0 spiro atoms. The number of nitrogens with zero attached hydrogens (tertiary/aromatic N) is 2. The van der Waals surface area contributed by atoms with Gasteiger partial charge >= 0.3 is 0 Å². The lowest BCUT2D eigenvalue weighted by Gasteiger charge is -2.24. The second-order valence-corrected chi connectivity index (χ2v) is 4.36. The first-order chi connectivity index (χ1) is 6.90. The summed E-state index contributed by atoms with van der Waals surface area (Å²) in [6, 6.07) is 5.36. The Morgan fingerprint density at radius 1 is 1.53 bits per heavy atom. The Hall–Kier alpha value is -1.31. The van der Waals surface area contributed by atoms with Crippen molar-refractivity contribution < 1.29 is 9.52 Å². The zero-order valence-corrected chi connectivity index (χ0v) is 9.32. The predicted molar refractivity (Wildman–Crippen MR) is 56.1 cm³/mol. The number of furan rings is 1. The Labute approximate surface area is 89.7 Å². The van der Waals surface area contributed by atoms with Gasteiger partial charge in [-0.25, -0.2) is 0 Å². The summed E-state index contributed by atoms with van der Waals surface area (Å²) in [5.41, 5.74) is -0.723. The van der Waals surface area contributed by atoms with Crippen LogP contribution in [-0.2, 0) is 6.54 Å². The standard InChI is InChI=1S/C11H16N2O2/c1-11(2,14)8-13(3)7-10-5-4-9(6-12)15-10/h4-5,14H,7-8H2,1-3H3. The summed E-state index contributed by atoms with van der Waals surface area (Å²) >= 11 is 0. The van der Waals surface area contributed by atoms with Gasteiger partial charge in [-0.15, -0.1) is 0 Å². The van der Waals surface area contributed by atoms with E-state index in [0.717, 1.165) is 5.76 Å². The summed E-state index contributed by atoms with van der Waals surface area (Å²) in [5, 5.41) is 18.2. The molecule has 0 atom stereocenters. The third-order valence-electron chi connectivity index (χ3n) is 1.85. The average molecular weight is 208 g/mol. The molecule has 0 saturated carbocycles. The Bertz CT molecular complexity index is 357. The average Bonchev–Trinajstić information content (AvgIpc) is 2.48. The molecule has 0 amide bonds. The first kappa shape index (κ1) is 11.8. The van der Waals surface area contributed by atoms with Gasteiger partial charge in [-0.1, -0.05) is 0 Å². The molecule has 1 aromatic heterocycles. The summed E-state index contributed by atoms with van der Waals surface area (Å²) in [7, 11) is 1.90. The van der Waals surface area contributed by atoms with Crippen LogP contribution in [0, 0.1) is 11.3 Å². The molecule has 0 unspecified atom stereocenters. The first-order valence-corrected chi connectivity index (χ1v) is 4.80. The topological polar surface area (TPSA) is 60.4 Å². The van der Waals surface area contributed by atoms with Gasteiger partial charge in [0.2, 0.25) is 5.76 Å². The molecule has 0 radical (unpaired) electrons. The van der Waals surface area contributed by atoms with Crippen molar-refractivity contribution in [1.29, 1.82) is 5.26 Å². The van der Waals surface area contributed by atoms with Gasteiger partial charge in [-0.3, -0.25) is 4.90 Å². The van der Waals surface area contributed by atoms with Crippen LogP contribution < -0.4 is 0 Å². The van der Waals surface area contributed by atoms with E-state index in [1.807, 2.05) is 18.0 Å². The quantitative estimate of drug-likeness (QED) is 0.811.